The first-order valence-corrected chi connectivity index (χ1v) is 13.7. The molecule has 5 heteroatoms. The van der Waals surface area contributed by atoms with Crippen LogP contribution in [0.5, 0.6) is 0 Å². The largest absolute Gasteiger partial charge is 0.481 e. The Kier molecular flexibility index (Phi) is 5.16. The molecule has 5 aliphatic rings. The van der Waals surface area contributed by atoms with Crippen LogP contribution in [0.3, 0.4) is 0 Å². The van der Waals surface area contributed by atoms with Gasteiger partial charge in [-0.1, -0.05) is 46.3 Å². The van der Waals surface area contributed by atoms with Gasteiger partial charge in [0, 0.05) is 12.8 Å². The molecule has 0 aliphatic heterocycles. The highest BCUT2D eigenvalue weighted by molar-refractivity contribution is 5.88. The molecule has 8 atom stereocenters. The predicted octanol–water partition coefficient (Wildman–Crippen LogP) is 6.51. The first-order valence-electron chi connectivity index (χ1n) is 13.7. The number of aliphatic carboxylic acids is 2. The van der Waals surface area contributed by atoms with E-state index in [-0.39, 0.29) is 51.6 Å². The molecule has 2 unspecified atom stereocenters. The summed E-state index contributed by atoms with van der Waals surface area (Å²) in [7, 11) is 0. The second kappa shape index (κ2) is 7.22. The van der Waals surface area contributed by atoms with E-state index in [0.29, 0.717) is 12.8 Å². The quantitative estimate of drug-likeness (QED) is 0.436. The highest BCUT2D eigenvalue weighted by Gasteiger charge is 2.70. The topological polar surface area (TPSA) is 91.7 Å². The lowest BCUT2D eigenvalue weighted by molar-refractivity contribution is -0.199. The summed E-state index contributed by atoms with van der Waals surface area (Å²) in [6, 6.07) is 0. The molecule has 2 N–H and O–H groups in total. The molecule has 0 heterocycles. The minimum absolute atomic E-state index is 0.0165. The zero-order valence-corrected chi connectivity index (χ0v) is 22.5. The number of carboxylic acids is 2. The number of carbonyl (C=O) groups excluding carboxylic acids is 1. The SMILES string of the molecule is CC1(C)CC[C@]2(C(=O)O)CC[C@]3(C)C(=CC[C@@H]4[C@@]5(C)CC(=O)CC(C)(C(=O)O)C5CC[C@]43C)[C@H]2C1. The van der Waals surface area contributed by atoms with Gasteiger partial charge >= 0.3 is 11.9 Å². The van der Waals surface area contributed by atoms with E-state index < -0.39 is 22.8 Å². The van der Waals surface area contributed by atoms with Crippen molar-refractivity contribution in [2.45, 2.75) is 106 Å². The van der Waals surface area contributed by atoms with Crippen molar-refractivity contribution >= 4 is 17.7 Å². The molecule has 194 valence electrons. The Labute approximate surface area is 210 Å². The molecule has 0 spiro atoms. The van der Waals surface area contributed by atoms with Crippen LogP contribution in [-0.2, 0) is 14.4 Å². The highest BCUT2D eigenvalue weighted by atomic mass is 16.4. The zero-order chi connectivity index (χ0) is 25.8. The summed E-state index contributed by atoms with van der Waals surface area (Å²) in [4.78, 5) is 38.2. The van der Waals surface area contributed by atoms with E-state index in [9.17, 15) is 24.6 Å². The van der Waals surface area contributed by atoms with E-state index in [0.717, 1.165) is 44.9 Å². The fourth-order valence-electron chi connectivity index (χ4n) is 10.5. The third kappa shape index (κ3) is 3.02. The fourth-order valence-corrected chi connectivity index (χ4v) is 10.5. The van der Waals surface area contributed by atoms with Gasteiger partial charge in [-0.05, 0) is 97.7 Å². The van der Waals surface area contributed by atoms with Crippen LogP contribution in [0.4, 0.5) is 0 Å². The normalized spacial score (nSPS) is 50.6. The Morgan fingerprint density at radius 2 is 1.51 bits per heavy atom. The molecule has 0 aromatic heterocycles. The lowest BCUT2D eigenvalue weighted by Gasteiger charge is -2.70. The second-order valence-corrected chi connectivity index (χ2v) is 14.8. The number of carboxylic acid groups (broad SMARTS) is 2. The second-order valence-electron chi connectivity index (χ2n) is 14.8. The third-order valence-corrected chi connectivity index (χ3v) is 12.7. The van der Waals surface area contributed by atoms with E-state index in [4.69, 9.17) is 0 Å². The summed E-state index contributed by atoms with van der Waals surface area (Å²) >= 11 is 0. The van der Waals surface area contributed by atoms with Crippen LogP contribution in [-0.4, -0.2) is 27.9 Å². The van der Waals surface area contributed by atoms with Gasteiger partial charge in [0.05, 0.1) is 10.8 Å². The smallest absolute Gasteiger partial charge is 0.310 e. The van der Waals surface area contributed by atoms with Crippen molar-refractivity contribution in [1.82, 2.24) is 0 Å². The fraction of sp³-hybridized carbons (Fsp3) is 0.833. The van der Waals surface area contributed by atoms with Gasteiger partial charge in [0.25, 0.3) is 0 Å². The standard InChI is InChI=1S/C30H44O5/c1-25(2)11-13-30(24(34)35)14-12-28(5)19(20(30)17-25)7-8-22-26(3)15-18(31)16-27(4,23(32)33)21(26)9-10-29(22,28)6/h7,20-22H,8-17H2,1-6H3,(H,32,33)(H,34,35)/t20-,21?,22-,26+,27?,28-,29-,30+/m1/s1. The molecule has 0 amide bonds. The molecule has 0 bridgehead atoms. The molecule has 4 fully saturated rings. The minimum Gasteiger partial charge on any atom is -0.481 e. The number of allylic oxidation sites excluding steroid dienone is 2. The van der Waals surface area contributed by atoms with Crippen LogP contribution < -0.4 is 0 Å². The van der Waals surface area contributed by atoms with Gasteiger partial charge in [-0.15, -0.1) is 0 Å². The first kappa shape index (κ1) is 25.0. The van der Waals surface area contributed by atoms with E-state index >= 15 is 0 Å². The van der Waals surface area contributed by atoms with E-state index in [1.54, 1.807) is 6.92 Å². The molecule has 0 aromatic carbocycles. The van der Waals surface area contributed by atoms with Crippen LogP contribution in [0.25, 0.3) is 0 Å². The van der Waals surface area contributed by atoms with Gasteiger partial charge in [0.15, 0.2) is 0 Å². The Morgan fingerprint density at radius 1 is 0.857 bits per heavy atom. The van der Waals surface area contributed by atoms with Crippen molar-refractivity contribution in [2.24, 2.45) is 50.2 Å². The maximum atomic E-state index is 13.0. The van der Waals surface area contributed by atoms with Gasteiger partial charge in [0.1, 0.15) is 5.78 Å². The number of hydrogen-bond acceptors (Lipinski definition) is 3. The van der Waals surface area contributed by atoms with Gasteiger partial charge in [0.2, 0.25) is 0 Å². The van der Waals surface area contributed by atoms with Crippen molar-refractivity contribution in [1.29, 1.82) is 0 Å². The molecule has 5 nitrogen and oxygen atoms in total. The maximum Gasteiger partial charge on any atom is 0.310 e. The summed E-state index contributed by atoms with van der Waals surface area (Å²) in [5.74, 6) is -1.11. The number of rotatable bonds is 2. The van der Waals surface area contributed by atoms with Gasteiger partial charge < -0.3 is 10.2 Å². The Balaban J connectivity index is 1.62. The van der Waals surface area contributed by atoms with E-state index in [1.165, 1.54) is 5.57 Å². The summed E-state index contributed by atoms with van der Waals surface area (Å²) in [6.07, 6.45) is 9.76. The van der Waals surface area contributed by atoms with Gasteiger partial charge in [-0.3, -0.25) is 14.4 Å². The number of hydrogen-bond donors (Lipinski definition) is 2. The molecule has 4 saturated carbocycles. The number of Topliss-reactive ketones (excluding diaryl/α,β-unsaturated/α-hetero) is 1. The molecule has 5 aliphatic carbocycles. The molecule has 35 heavy (non-hydrogen) atoms. The monoisotopic (exact) mass is 484 g/mol. The van der Waals surface area contributed by atoms with E-state index in [2.05, 4.69) is 40.7 Å². The molecule has 0 aromatic rings. The van der Waals surface area contributed by atoms with Gasteiger partial charge in [-0.25, -0.2) is 0 Å². The van der Waals surface area contributed by atoms with Crippen LogP contribution >= 0.6 is 0 Å². The summed E-state index contributed by atoms with van der Waals surface area (Å²) in [5, 5.41) is 20.7. The van der Waals surface area contributed by atoms with Crippen molar-refractivity contribution in [3.05, 3.63) is 11.6 Å². The Bertz CT molecular complexity index is 1030. The van der Waals surface area contributed by atoms with Crippen LogP contribution in [0, 0.1) is 50.2 Å². The predicted molar refractivity (Wildman–Crippen MR) is 134 cm³/mol. The Hall–Kier alpha value is -1.65. The Morgan fingerprint density at radius 3 is 2.14 bits per heavy atom. The lowest BCUT2D eigenvalue weighted by Crippen LogP contribution is -2.65. The number of carbonyl (C=O) groups is 3. The summed E-state index contributed by atoms with van der Waals surface area (Å²) < 4.78 is 0. The molecule has 5 rings (SSSR count). The van der Waals surface area contributed by atoms with Crippen LogP contribution in [0.15, 0.2) is 11.6 Å². The number of ketones is 1. The van der Waals surface area contributed by atoms with Crippen LogP contribution in [0.1, 0.15) is 106 Å². The summed E-state index contributed by atoms with van der Waals surface area (Å²) in [5.41, 5.74) is -0.727. The number of fused-ring (bicyclic) bond motifs is 7. The van der Waals surface area contributed by atoms with Crippen molar-refractivity contribution in [3.63, 3.8) is 0 Å². The molecule has 0 saturated heterocycles. The summed E-state index contributed by atoms with van der Waals surface area (Å²) in [6.45, 7) is 13.3. The van der Waals surface area contributed by atoms with Gasteiger partial charge in [-0.2, -0.15) is 0 Å². The zero-order valence-electron chi connectivity index (χ0n) is 22.5. The minimum atomic E-state index is -1.01. The van der Waals surface area contributed by atoms with Crippen molar-refractivity contribution in [3.8, 4) is 0 Å². The molecule has 0 radical (unpaired) electrons. The lowest BCUT2D eigenvalue weighted by atomic mass is 9.33. The average Bonchev–Trinajstić information content (AvgIpc) is 2.72. The highest BCUT2D eigenvalue weighted by Crippen LogP contribution is 2.75. The van der Waals surface area contributed by atoms with Crippen LogP contribution in [0.2, 0.25) is 0 Å². The first-order chi connectivity index (χ1) is 16.1. The third-order valence-electron chi connectivity index (χ3n) is 12.7. The van der Waals surface area contributed by atoms with E-state index in [1.807, 2.05) is 0 Å². The average molecular weight is 485 g/mol. The molecular formula is C30H44O5. The van der Waals surface area contributed by atoms with Crippen molar-refractivity contribution < 1.29 is 24.6 Å². The maximum absolute atomic E-state index is 13.0. The van der Waals surface area contributed by atoms with Crippen molar-refractivity contribution in [2.75, 3.05) is 0 Å². The molecular weight excluding hydrogens is 440 g/mol.